The van der Waals surface area contributed by atoms with Crippen molar-refractivity contribution in [1.82, 2.24) is 19.6 Å². The molecular formula is C23H20F2N6O. The van der Waals surface area contributed by atoms with Crippen molar-refractivity contribution in [2.24, 2.45) is 0 Å². The second-order valence-electron chi connectivity index (χ2n) is 7.75. The Morgan fingerprint density at radius 2 is 2.03 bits per heavy atom. The van der Waals surface area contributed by atoms with Gasteiger partial charge in [0.2, 0.25) is 0 Å². The molecule has 7 nitrogen and oxygen atoms in total. The van der Waals surface area contributed by atoms with E-state index in [4.69, 9.17) is 0 Å². The summed E-state index contributed by atoms with van der Waals surface area (Å²) in [4.78, 5) is 23.5. The van der Waals surface area contributed by atoms with Gasteiger partial charge in [0.1, 0.15) is 28.8 Å². The minimum Gasteiger partial charge on any atom is -0.349 e. The van der Waals surface area contributed by atoms with Gasteiger partial charge in [-0.15, -0.1) is 0 Å². The van der Waals surface area contributed by atoms with Gasteiger partial charge in [-0.05, 0) is 56.2 Å². The lowest BCUT2D eigenvalue weighted by atomic mass is 10.0. The number of aromatic nitrogens is 4. The van der Waals surface area contributed by atoms with Crippen molar-refractivity contribution < 1.29 is 13.6 Å². The lowest BCUT2D eigenvalue weighted by Crippen LogP contribution is -2.24. The molecule has 3 aromatic heterocycles. The fourth-order valence-corrected chi connectivity index (χ4v) is 4.10. The number of amides is 1. The van der Waals surface area contributed by atoms with Crippen LogP contribution in [0, 0.1) is 18.6 Å². The van der Waals surface area contributed by atoms with Gasteiger partial charge in [0.05, 0.1) is 12.2 Å². The van der Waals surface area contributed by atoms with E-state index in [1.165, 1.54) is 12.3 Å². The van der Waals surface area contributed by atoms with Crippen LogP contribution in [-0.2, 0) is 0 Å². The molecule has 1 amide bonds. The van der Waals surface area contributed by atoms with Crippen LogP contribution in [0.4, 0.5) is 20.3 Å². The number of benzene rings is 1. The van der Waals surface area contributed by atoms with E-state index in [2.05, 4.69) is 20.4 Å². The number of fused-ring (bicyclic) bond motifs is 1. The van der Waals surface area contributed by atoms with Crippen molar-refractivity contribution in [3.63, 3.8) is 0 Å². The van der Waals surface area contributed by atoms with Crippen LogP contribution in [0.2, 0.25) is 0 Å². The number of hydrogen-bond donors (Lipinski definition) is 1. The molecule has 0 saturated carbocycles. The lowest BCUT2D eigenvalue weighted by Gasteiger charge is -2.26. The van der Waals surface area contributed by atoms with Crippen LogP contribution >= 0.6 is 0 Å². The molecule has 4 heterocycles. The molecule has 1 aromatic carbocycles. The standard InChI is InChI=1S/C23H20F2N6O/c1-14-4-2-5-18(27-14)23(32)28-19-13-26-31-11-9-21(29-22(19)31)30-10-3-6-20(30)16-12-15(24)7-8-17(16)25/h2,4-5,7-9,11-13,20H,3,6,10H2,1H3,(H,28,32). The predicted molar refractivity (Wildman–Crippen MR) is 116 cm³/mol. The highest BCUT2D eigenvalue weighted by Crippen LogP contribution is 2.37. The average Bonchev–Trinajstić information content (AvgIpc) is 3.42. The van der Waals surface area contributed by atoms with Gasteiger partial charge in [0.15, 0.2) is 5.65 Å². The summed E-state index contributed by atoms with van der Waals surface area (Å²) in [5, 5.41) is 7.05. The molecule has 0 radical (unpaired) electrons. The van der Waals surface area contributed by atoms with E-state index in [1.807, 2.05) is 17.9 Å². The molecule has 1 aliphatic rings. The van der Waals surface area contributed by atoms with Crippen LogP contribution < -0.4 is 10.2 Å². The lowest BCUT2D eigenvalue weighted by molar-refractivity contribution is 0.102. The molecule has 5 rings (SSSR count). The van der Waals surface area contributed by atoms with Crippen LogP contribution in [0.1, 0.15) is 40.6 Å². The Balaban J connectivity index is 1.47. The Morgan fingerprint density at radius 3 is 2.88 bits per heavy atom. The maximum Gasteiger partial charge on any atom is 0.274 e. The molecule has 1 unspecified atom stereocenters. The van der Waals surface area contributed by atoms with Gasteiger partial charge in [0, 0.05) is 24.0 Å². The summed E-state index contributed by atoms with van der Waals surface area (Å²) in [6, 6.07) is 10.2. The van der Waals surface area contributed by atoms with Crippen LogP contribution in [0.25, 0.3) is 5.65 Å². The van der Waals surface area contributed by atoms with E-state index >= 15 is 0 Å². The number of nitrogens with zero attached hydrogens (tertiary/aromatic N) is 5. The van der Waals surface area contributed by atoms with Gasteiger partial charge in [-0.2, -0.15) is 5.10 Å². The SMILES string of the molecule is Cc1cccc(C(=O)Nc2cnn3ccc(N4CCCC4c4cc(F)ccc4F)nc23)n1. The number of anilines is 2. The van der Waals surface area contributed by atoms with Crippen LogP contribution in [-0.4, -0.2) is 32.0 Å². The highest BCUT2D eigenvalue weighted by atomic mass is 19.1. The van der Waals surface area contributed by atoms with Gasteiger partial charge in [-0.25, -0.2) is 23.3 Å². The van der Waals surface area contributed by atoms with E-state index in [9.17, 15) is 13.6 Å². The van der Waals surface area contributed by atoms with E-state index < -0.39 is 11.6 Å². The number of rotatable bonds is 4. The molecule has 1 saturated heterocycles. The minimum absolute atomic E-state index is 0.293. The fraction of sp³-hybridized carbons (Fsp3) is 0.217. The first kappa shape index (κ1) is 20.0. The number of halogens is 2. The topological polar surface area (TPSA) is 75.4 Å². The molecule has 9 heteroatoms. The number of hydrogen-bond acceptors (Lipinski definition) is 5. The maximum absolute atomic E-state index is 14.4. The third-order valence-corrected chi connectivity index (χ3v) is 5.59. The molecule has 1 aliphatic heterocycles. The highest BCUT2D eigenvalue weighted by Gasteiger charge is 2.30. The van der Waals surface area contributed by atoms with Crippen LogP contribution in [0.5, 0.6) is 0 Å². The smallest absolute Gasteiger partial charge is 0.274 e. The van der Waals surface area contributed by atoms with Crippen molar-refractivity contribution in [1.29, 1.82) is 0 Å². The van der Waals surface area contributed by atoms with E-state index in [0.29, 0.717) is 41.4 Å². The monoisotopic (exact) mass is 434 g/mol. The van der Waals surface area contributed by atoms with Gasteiger partial charge in [-0.1, -0.05) is 6.07 Å². The van der Waals surface area contributed by atoms with Crippen LogP contribution in [0.3, 0.4) is 0 Å². The molecule has 1 N–H and O–H groups in total. The summed E-state index contributed by atoms with van der Waals surface area (Å²) < 4.78 is 29.8. The molecule has 1 atom stereocenters. The third kappa shape index (κ3) is 3.66. The van der Waals surface area contributed by atoms with Gasteiger partial charge in [0.25, 0.3) is 5.91 Å². The van der Waals surface area contributed by atoms with E-state index in [1.54, 1.807) is 28.9 Å². The first-order chi connectivity index (χ1) is 15.5. The summed E-state index contributed by atoms with van der Waals surface area (Å²) in [5.74, 6) is -0.667. The second kappa shape index (κ2) is 7.99. The molecule has 0 aliphatic carbocycles. The molecule has 32 heavy (non-hydrogen) atoms. The fourth-order valence-electron chi connectivity index (χ4n) is 4.10. The van der Waals surface area contributed by atoms with Gasteiger partial charge >= 0.3 is 0 Å². The van der Waals surface area contributed by atoms with Gasteiger partial charge < -0.3 is 10.2 Å². The van der Waals surface area contributed by atoms with E-state index in [-0.39, 0.29) is 11.9 Å². The van der Waals surface area contributed by atoms with Crippen molar-refractivity contribution >= 4 is 23.1 Å². The Morgan fingerprint density at radius 1 is 1.16 bits per heavy atom. The van der Waals surface area contributed by atoms with Crippen molar-refractivity contribution in [2.45, 2.75) is 25.8 Å². The average molecular weight is 434 g/mol. The summed E-state index contributed by atoms with van der Waals surface area (Å²) >= 11 is 0. The number of nitrogens with one attached hydrogen (secondary N) is 1. The second-order valence-corrected chi connectivity index (χ2v) is 7.75. The Hall–Kier alpha value is -3.88. The molecule has 162 valence electrons. The number of carbonyl (C=O) groups is 1. The Kier molecular flexibility index (Phi) is 5.01. The van der Waals surface area contributed by atoms with Crippen molar-refractivity contribution in [3.05, 3.63) is 83.4 Å². The molecular weight excluding hydrogens is 414 g/mol. The molecule has 4 aromatic rings. The van der Waals surface area contributed by atoms with Gasteiger partial charge in [-0.3, -0.25) is 4.79 Å². The quantitative estimate of drug-likeness (QED) is 0.518. The zero-order valence-electron chi connectivity index (χ0n) is 17.3. The number of aryl methyl sites for hydroxylation is 1. The van der Waals surface area contributed by atoms with Crippen molar-refractivity contribution in [3.8, 4) is 0 Å². The number of carbonyl (C=O) groups excluding carboxylic acids is 1. The largest absolute Gasteiger partial charge is 0.349 e. The Bertz CT molecular complexity index is 1320. The first-order valence-electron chi connectivity index (χ1n) is 10.3. The Labute approximate surface area is 182 Å². The third-order valence-electron chi connectivity index (χ3n) is 5.59. The summed E-state index contributed by atoms with van der Waals surface area (Å²) in [6.07, 6.45) is 4.77. The predicted octanol–water partition coefficient (Wildman–Crippen LogP) is 4.30. The highest BCUT2D eigenvalue weighted by molar-refractivity contribution is 6.04. The summed E-state index contributed by atoms with van der Waals surface area (Å²) in [5.41, 5.74) is 2.24. The first-order valence-corrected chi connectivity index (χ1v) is 10.3. The summed E-state index contributed by atoms with van der Waals surface area (Å²) in [7, 11) is 0. The zero-order valence-corrected chi connectivity index (χ0v) is 17.3. The molecule has 0 bridgehead atoms. The normalized spacial score (nSPS) is 16.0. The molecule has 0 spiro atoms. The zero-order chi connectivity index (χ0) is 22.2. The number of pyridine rings is 1. The van der Waals surface area contributed by atoms with Crippen molar-refractivity contribution in [2.75, 3.05) is 16.8 Å². The minimum atomic E-state index is -0.470. The molecule has 1 fully saturated rings. The van der Waals surface area contributed by atoms with Crippen LogP contribution in [0.15, 0.2) is 54.9 Å². The summed E-state index contributed by atoms with van der Waals surface area (Å²) in [6.45, 7) is 2.47. The van der Waals surface area contributed by atoms with E-state index in [0.717, 1.165) is 24.2 Å². The maximum atomic E-state index is 14.4.